The van der Waals surface area contributed by atoms with Crippen LogP contribution in [-0.2, 0) is 11.3 Å². The molecule has 1 aromatic carbocycles. The molecule has 1 fully saturated rings. The van der Waals surface area contributed by atoms with Gasteiger partial charge in [0.05, 0.1) is 47.2 Å². The number of aliphatic hydroxyl groups is 3. The molecule has 0 spiro atoms. The number of halogens is 1. The Balaban J connectivity index is 1.58. The highest BCUT2D eigenvalue weighted by Gasteiger charge is 2.44. The summed E-state index contributed by atoms with van der Waals surface area (Å²) >= 11 is 2.03. The molecule has 4 rings (SSSR count). The summed E-state index contributed by atoms with van der Waals surface area (Å²) in [6.45, 7) is 0.0806. The fourth-order valence-corrected chi connectivity index (χ4v) is 3.73. The van der Waals surface area contributed by atoms with Gasteiger partial charge in [0.2, 0.25) is 0 Å². The molecule has 0 saturated carbocycles. The van der Waals surface area contributed by atoms with Crippen molar-refractivity contribution >= 4 is 51.2 Å². The van der Waals surface area contributed by atoms with Gasteiger partial charge in [-0.15, -0.1) is 0 Å². The number of ether oxygens (including phenoxy) is 1. The van der Waals surface area contributed by atoms with Crippen molar-refractivity contribution in [2.45, 2.75) is 31.1 Å². The zero-order valence-corrected chi connectivity index (χ0v) is 17.3. The minimum atomic E-state index is -1.22. The van der Waals surface area contributed by atoms with Crippen LogP contribution in [0.15, 0.2) is 30.9 Å². The van der Waals surface area contributed by atoms with Crippen molar-refractivity contribution in [3.05, 3.63) is 36.4 Å². The third-order valence-electron chi connectivity index (χ3n) is 4.83. The van der Waals surface area contributed by atoms with Gasteiger partial charge in [-0.3, -0.25) is 4.57 Å². The Bertz CT molecular complexity index is 1020. The van der Waals surface area contributed by atoms with E-state index in [1.807, 2.05) is 41.1 Å². The van der Waals surface area contributed by atoms with E-state index < -0.39 is 31.1 Å². The highest BCUT2D eigenvalue weighted by molar-refractivity contribution is 14.1. The minimum absolute atomic E-state index is 0.404. The number of hydrogen-bond acceptors (Lipinski definition) is 10. The molecule has 2 aromatic heterocycles. The number of aliphatic hydroxyl groups excluding tert-OH is 3. The molecule has 0 bridgehead atoms. The zero-order chi connectivity index (χ0) is 20.5. The lowest BCUT2D eigenvalue weighted by Gasteiger charge is -2.16. The Morgan fingerprint density at radius 3 is 2.76 bits per heavy atom. The number of nitrogen functional groups attached to an aromatic ring is 1. The molecule has 3 heterocycles. The molecule has 1 aliphatic heterocycles. The third-order valence-corrected chi connectivity index (χ3v) is 5.41. The number of imidazole rings is 1. The van der Waals surface area contributed by atoms with Crippen molar-refractivity contribution < 1.29 is 20.1 Å². The van der Waals surface area contributed by atoms with Crippen LogP contribution in [0.1, 0.15) is 11.8 Å². The Morgan fingerprint density at radius 1 is 1.21 bits per heavy atom. The summed E-state index contributed by atoms with van der Waals surface area (Å²) in [5.74, 6) is 0.515. The van der Waals surface area contributed by atoms with E-state index in [0.29, 0.717) is 29.2 Å². The SMILES string of the molecule is Nc1ccc(CNc2ncnc3c2ncn3[C@@H]2O[C@H](CO)[C@@H](O)[C@H]2O)cc1NI. The summed E-state index contributed by atoms with van der Waals surface area (Å²) in [7, 11) is 0. The van der Waals surface area contributed by atoms with Gasteiger partial charge >= 0.3 is 0 Å². The van der Waals surface area contributed by atoms with E-state index in [4.69, 9.17) is 10.5 Å². The summed E-state index contributed by atoms with van der Waals surface area (Å²) < 4.78 is 10.1. The first kappa shape index (κ1) is 20.0. The van der Waals surface area contributed by atoms with Crippen LogP contribution in [0.2, 0.25) is 0 Å². The number of nitrogens with two attached hydrogens (primary N) is 1. The lowest BCUT2D eigenvalue weighted by atomic mass is 10.1. The number of nitrogens with zero attached hydrogens (tertiary/aromatic N) is 4. The van der Waals surface area contributed by atoms with Gasteiger partial charge in [-0.25, -0.2) is 15.0 Å². The van der Waals surface area contributed by atoms with E-state index in [-0.39, 0.29) is 0 Å². The van der Waals surface area contributed by atoms with Crippen LogP contribution >= 0.6 is 22.9 Å². The predicted octanol–water partition coefficient (Wildman–Crippen LogP) is 0.394. The van der Waals surface area contributed by atoms with Gasteiger partial charge < -0.3 is 34.6 Å². The summed E-state index contributed by atoms with van der Waals surface area (Å²) in [4.78, 5) is 12.8. The van der Waals surface area contributed by atoms with Crippen LogP contribution in [0.25, 0.3) is 11.2 Å². The van der Waals surface area contributed by atoms with Gasteiger partial charge in [-0.05, 0) is 17.7 Å². The van der Waals surface area contributed by atoms with Crippen molar-refractivity contribution in [2.75, 3.05) is 21.2 Å². The Morgan fingerprint density at radius 2 is 2.03 bits per heavy atom. The van der Waals surface area contributed by atoms with Crippen LogP contribution in [0.4, 0.5) is 17.2 Å². The van der Waals surface area contributed by atoms with E-state index in [9.17, 15) is 15.3 Å². The number of anilines is 3. The van der Waals surface area contributed by atoms with Gasteiger partial charge in [0.15, 0.2) is 23.2 Å². The maximum absolute atomic E-state index is 10.3. The van der Waals surface area contributed by atoms with Crippen molar-refractivity contribution in [3.8, 4) is 0 Å². The number of benzene rings is 1. The number of aromatic nitrogens is 4. The van der Waals surface area contributed by atoms with Crippen LogP contribution in [0, 0.1) is 0 Å². The highest BCUT2D eigenvalue weighted by atomic mass is 127. The molecule has 1 saturated heterocycles. The molecule has 1 aliphatic rings. The average Bonchev–Trinajstić information content (AvgIpc) is 3.29. The number of nitrogens with one attached hydrogen (secondary N) is 2. The smallest absolute Gasteiger partial charge is 0.167 e. The topological polar surface area (TPSA) is 164 Å². The monoisotopic (exact) mass is 513 g/mol. The van der Waals surface area contributed by atoms with E-state index in [1.54, 1.807) is 0 Å². The van der Waals surface area contributed by atoms with Gasteiger partial charge in [0.1, 0.15) is 24.6 Å². The van der Waals surface area contributed by atoms with Crippen molar-refractivity contribution in [1.29, 1.82) is 0 Å². The van der Waals surface area contributed by atoms with Gasteiger partial charge in [-0.1, -0.05) is 6.07 Å². The van der Waals surface area contributed by atoms with Gasteiger partial charge in [0.25, 0.3) is 0 Å². The van der Waals surface area contributed by atoms with Crippen LogP contribution in [0.5, 0.6) is 0 Å². The predicted molar refractivity (Wildman–Crippen MR) is 114 cm³/mol. The van der Waals surface area contributed by atoms with Crippen molar-refractivity contribution in [2.24, 2.45) is 0 Å². The summed E-state index contributed by atoms with van der Waals surface area (Å²) in [6.07, 6.45) is -1.36. The second kappa shape index (κ2) is 8.23. The van der Waals surface area contributed by atoms with E-state index >= 15 is 0 Å². The first-order valence-corrected chi connectivity index (χ1v) is 9.90. The fraction of sp³-hybridized carbons (Fsp3) is 0.353. The molecule has 7 N–H and O–H groups in total. The van der Waals surface area contributed by atoms with Crippen LogP contribution in [-0.4, -0.2) is 59.8 Å². The number of rotatable bonds is 6. The Hall–Kier alpha value is -2.26. The van der Waals surface area contributed by atoms with Crippen LogP contribution < -0.4 is 14.6 Å². The van der Waals surface area contributed by atoms with E-state index in [0.717, 1.165) is 11.3 Å². The lowest BCUT2D eigenvalue weighted by Crippen LogP contribution is -2.33. The maximum Gasteiger partial charge on any atom is 0.167 e. The van der Waals surface area contributed by atoms with Gasteiger partial charge in [-0.2, -0.15) is 0 Å². The normalized spacial score (nSPS) is 24.1. The standard InChI is InChI=1S/C17H20IN7O4/c18-24-10-3-8(1-2-9(10)19)4-20-15-12-16(22-6-21-15)25(7-23-12)17-14(28)13(27)11(5-26)29-17/h1-3,6-7,11,13-14,17,24,26-28H,4-5,19H2,(H,20,21,22)/t11-,13-,14-,17-/m1/s1. The Labute approximate surface area is 179 Å². The highest BCUT2D eigenvalue weighted by Crippen LogP contribution is 2.32. The second-order valence-electron chi connectivity index (χ2n) is 6.64. The van der Waals surface area contributed by atoms with E-state index in [1.165, 1.54) is 17.2 Å². The fourth-order valence-electron chi connectivity index (χ4n) is 3.26. The number of fused-ring (bicyclic) bond motifs is 1. The van der Waals surface area contributed by atoms with Crippen LogP contribution in [0.3, 0.4) is 0 Å². The first-order chi connectivity index (χ1) is 14.0. The first-order valence-electron chi connectivity index (χ1n) is 8.82. The maximum atomic E-state index is 10.3. The average molecular weight is 513 g/mol. The summed E-state index contributed by atoms with van der Waals surface area (Å²) in [6, 6.07) is 5.67. The van der Waals surface area contributed by atoms with Gasteiger partial charge in [0, 0.05) is 6.54 Å². The van der Waals surface area contributed by atoms with E-state index in [2.05, 4.69) is 23.8 Å². The molecule has 0 radical (unpaired) electrons. The molecule has 29 heavy (non-hydrogen) atoms. The number of hydrogen-bond donors (Lipinski definition) is 6. The second-order valence-corrected chi connectivity index (χ2v) is 7.18. The van der Waals surface area contributed by atoms with Crippen molar-refractivity contribution in [1.82, 2.24) is 19.5 Å². The zero-order valence-electron chi connectivity index (χ0n) is 15.1. The third kappa shape index (κ3) is 3.69. The molecule has 11 nitrogen and oxygen atoms in total. The minimum Gasteiger partial charge on any atom is -0.397 e. The molecule has 0 aliphatic carbocycles. The molecule has 3 aromatic rings. The molecular weight excluding hydrogens is 493 g/mol. The van der Waals surface area contributed by atoms with Crippen molar-refractivity contribution in [3.63, 3.8) is 0 Å². The quantitative estimate of drug-likeness (QED) is 0.154. The lowest BCUT2D eigenvalue weighted by molar-refractivity contribution is -0.0511. The molecule has 0 amide bonds. The summed E-state index contributed by atoms with van der Waals surface area (Å²) in [5.41, 5.74) is 9.30. The molecular formula is C17H20IN7O4. The molecule has 12 heteroatoms. The Kier molecular flexibility index (Phi) is 5.69. The molecule has 154 valence electrons. The molecule has 4 atom stereocenters. The largest absolute Gasteiger partial charge is 0.397 e. The molecule has 0 unspecified atom stereocenters. The summed E-state index contributed by atoms with van der Waals surface area (Å²) in [5, 5.41) is 32.8.